The fraction of sp³-hybridized carbons (Fsp3) is 0.417. The maximum atomic E-state index is 11.7. The zero-order valence-corrected chi connectivity index (χ0v) is 27.7. The average molecular weight is 659 g/mol. The molecule has 48 heavy (non-hydrogen) atoms. The van der Waals surface area contributed by atoms with Gasteiger partial charge in [0.2, 0.25) is 6.29 Å². The zero-order valence-electron chi connectivity index (χ0n) is 27.7. The van der Waals surface area contributed by atoms with Crippen LogP contribution in [-0.2, 0) is 62.7 Å². The summed E-state index contributed by atoms with van der Waals surface area (Å²) in [5.74, 6) is -2.61. The van der Waals surface area contributed by atoms with Gasteiger partial charge in [-0.1, -0.05) is 0 Å². The fourth-order valence-corrected chi connectivity index (χ4v) is 7.12. The number of hydrogen-bond donors (Lipinski definition) is 7. The topological polar surface area (TPSA) is 200 Å². The van der Waals surface area contributed by atoms with Gasteiger partial charge in [0.25, 0.3) is 0 Å². The molecule has 12 heteroatoms. The van der Waals surface area contributed by atoms with Crippen molar-refractivity contribution in [3.05, 3.63) is 89.4 Å². The van der Waals surface area contributed by atoms with Crippen LogP contribution in [0.3, 0.4) is 0 Å². The van der Waals surface area contributed by atoms with Crippen molar-refractivity contribution in [2.45, 2.75) is 98.2 Å². The van der Waals surface area contributed by atoms with Gasteiger partial charge < -0.3 is 35.3 Å². The van der Waals surface area contributed by atoms with Gasteiger partial charge in [-0.25, -0.2) is 0 Å². The Morgan fingerprint density at radius 1 is 0.583 bits per heavy atom. The number of carbonyl (C=O) groups is 3. The second kappa shape index (κ2) is 13.4. The molecule has 8 bridgehead atoms. The summed E-state index contributed by atoms with van der Waals surface area (Å²) in [6.45, 7) is 8.08. The second-order valence-electron chi connectivity index (χ2n) is 13.0. The van der Waals surface area contributed by atoms with Crippen LogP contribution in [0.4, 0.5) is 0 Å². The monoisotopic (exact) mass is 658 g/mol. The highest BCUT2D eigenvalue weighted by Crippen LogP contribution is 2.30. The number of aliphatic carboxylic acids is 3. The highest BCUT2D eigenvalue weighted by atomic mass is 17.4. The number of rotatable bonds is 12. The van der Waals surface area contributed by atoms with E-state index in [4.69, 9.17) is 9.78 Å². The van der Waals surface area contributed by atoms with Crippen LogP contribution in [-0.4, -0.2) is 59.5 Å². The van der Waals surface area contributed by atoms with Gasteiger partial charge in [0.1, 0.15) is 0 Å². The summed E-state index contributed by atoms with van der Waals surface area (Å²) in [5, 5.41) is 30.5. The normalized spacial score (nSPS) is 15.5. The van der Waals surface area contributed by atoms with Crippen LogP contribution in [0.5, 0.6) is 0 Å². The van der Waals surface area contributed by atoms with E-state index in [2.05, 4.69) is 32.9 Å². The summed E-state index contributed by atoms with van der Waals surface area (Å²) >= 11 is 0. The SMILES string of the molecule is Cc1c2[nH]c(c1CCC(=O)O)/C=c1\[nH]/c(c(CCC3OO3)c1C)=C\c1[nH]c(c(CCC(=O)O)c1C)Cc1[nH]c(c(CCC(=O)O)c1C)C2. The van der Waals surface area contributed by atoms with Crippen molar-refractivity contribution in [2.24, 2.45) is 0 Å². The van der Waals surface area contributed by atoms with Gasteiger partial charge >= 0.3 is 17.9 Å². The van der Waals surface area contributed by atoms with Gasteiger partial charge in [0, 0.05) is 83.4 Å². The van der Waals surface area contributed by atoms with E-state index in [9.17, 15) is 29.7 Å². The maximum absolute atomic E-state index is 11.7. The third-order valence-electron chi connectivity index (χ3n) is 9.96. The lowest BCUT2D eigenvalue weighted by Gasteiger charge is -2.06. The number of H-pyrrole nitrogens is 4. The minimum atomic E-state index is -0.876. The van der Waals surface area contributed by atoms with E-state index in [0.717, 1.165) is 89.4 Å². The molecule has 2 aliphatic rings. The summed E-state index contributed by atoms with van der Waals surface area (Å²) in [6.07, 6.45) is 7.30. The van der Waals surface area contributed by atoms with E-state index >= 15 is 0 Å². The standard InChI is InChI=1S/C36H42N4O8/c1-17-21(5-9-33(41)42)29-13-26-18(2)22(6-10-34(43)44)31(38-26)15-28-20(4)24(8-12-36-47-48-36)32(40-28)16-27-19(3)23(7-11-35(45)46)30(39-27)14-25(17)37-29/h15-16,36-40H,5-14H2,1-4H3,(H,41,42)(H,43,44)(H,45,46)/b28-15-,32-16-. The molecule has 7 N–H and O–H groups in total. The minimum Gasteiger partial charge on any atom is -0.481 e. The van der Waals surface area contributed by atoms with Crippen molar-refractivity contribution in [3.8, 4) is 0 Å². The number of carboxylic acids is 3. The number of carboxylic acid groups (broad SMARTS) is 3. The van der Waals surface area contributed by atoms with Gasteiger partial charge in [0.05, 0.1) is 0 Å². The predicted molar refractivity (Wildman–Crippen MR) is 176 cm³/mol. The Balaban J connectivity index is 1.59. The highest BCUT2D eigenvalue weighted by molar-refractivity contribution is 5.69. The van der Waals surface area contributed by atoms with E-state index in [1.165, 1.54) is 0 Å². The molecule has 0 saturated carbocycles. The van der Waals surface area contributed by atoms with Gasteiger partial charge in [-0.15, -0.1) is 0 Å². The molecule has 0 aromatic carbocycles. The molecule has 254 valence electrons. The molecule has 0 spiro atoms. The van der Waals surface area contributed by atoms with Gasteiger partial charge in [0.15, 0.2) is 0 Å². The Bertz CT molecular complexity index is 2040. The van der Waals surface area contributed by atoms with Crippen LogP contribution in [0.2, 0.25) is 0 Å². The van der Waals surface area contributed by atoms with Crippen molar-refractivity contribution < 1.29 is 39.5 Å². The van der Waals surface area contributed by atoms with Crippen molar-refractivity contribution in [2.75, 3.05) is 0 Å². The first-order chi connectivity index (χ1) is 22.9. The molecule has 6 heterocycles. The lowest BCUT2D eigenvalue weighted by Crippen LogP contribution is -2.13. The van der Waals surface area contributed by atoms with Crippen LogP contribution in [0, 0.1) is 27.7 Å². The smallest absolute Gasteiger partial charge is 0.303 e. The fourth-order valence-electron chi connectivity index (χ4n) is 7.12. The lowest BCUT2D eigenvalue weighted by atomic mass is 9.98. The van der Waals surface area contributed by atoms with Crippen molar-refractivity contribution in [3.63, 3.8) is 0 Å². The van der Waals surface area contributed by atoms with E-state index in [1.54, 1.807) is 0 Å². The molecule has 1 saturated heterocycles. The van der Waals surface area contributed by atoms with Crippen LogP contribution in [0.15, 0.2) is 0 Å². The molecule has 0 aliphatic carbocycles. The molecule has 12 nitrogen and oxygen atoms in total. The van der Waals surface area contributed by atoms with E-state index in [0.29, 0.717) is 44.9 Å². The summed E-state index contributed by atoms with van der Waals surface area (Å²) in [5.41, 5.74) is 13.3. The van der Waals surface area contributed by atoms with E-state index < -0.39 is 17.9 Å². The van der Waals surface area contributed by atoms with Gasteiger partial charge in [-0.2, -0.15) is 9.78 Å². The molecule has 4 aromatic heterocycles. The lowest BCUT2D eigenvalue weighted by molar-refractivity contribution is -0.138. The maximum Gasteiger partial charge on any atom is 0.303 e. The number of nitrogens with one attached hydrogen (secondary N) is 4. The second-order valence-corrected chi connectivity index (χ2v) is 13.0. The molecule has 0 amide bonds. The zero-order chi connectivity index (χ0) is 34.3. The predicted octanol–water partition coefficient (Wildman–Crippen LogP) is 3.66. The Morgan fingerprint density at radius 2 is 1.08 bits per heavy atom. The largest absolute Gasteiger partial charge is 0.481 e. The third kappa shape index (κ3) is 6.90. The Labute approximate surface area is 276 Å². The number of fused-ring (bicyclic) bond motifs is 8. The summed E-state index contributed by atoms with van der Waals surface area (Å²) < 4.78 is 0. The first-order valence-corrected chi connectivity index (χ1v) is 16.4. The first kappa shape index (κ1) is 33.1. The van der Waals surface area contributed by atoms with Crippen molar-refractivity contribution in [1.82, 2.24) is 19.9 Å². The summed E-state index contributed by atoms with van der Waals surface area (Å²) in [6, 6.07) is 0. The minimum absolute atomic E-state index is 0.00423. The van der Waals surface area contributed by atoms with Gasteiger partial charge in [-0.3, -0.25) is 14.4 Å². The molecule has 0 radical (unpaired) electrons. The Hall–Kier alpha value is -4.81. The van der Waals surface area contributed by atoms with Crippen LogP contribution < -0.4 is 10.7 Å². The summed E-state index contributed by atoms with van der Waals surface area (Å²) in [7, 11) is 0. The third-order valence-corrected chi connectivity index (χ3v) is 9.96. The average Bonchev–Trinajstić information content (AvgIpc) is 3.57. The van der Waals surface area contributed by atoms with E-state index in [1.807, 2.05) is 26.8 Å². The van der Waals surface area contributed by atoms with Crippen LogP contribution in [0.25, 0.3) is 12.2 Å². The first-order valence-electron chi connectivity index (χ1n) is 16.4. The molecule has 0 unspecified atom stereocenters. The molecule has 4 aromatic rings. The Kier molecular flexibility index (Phi) is 9.22. The molecule has 6 rings (SSSR count). The summed E-state index contributed by atoms with van der Waals surface area (Å²) in [4.78, 5) is 59.5. The number of hydrogen-bond acceptors (Lipinski definition) is 5. The van der Waals surface area contributed by atoms with Crippen molar-refractivity contribution >= 4 is 30.1 Å². The number of aromatic nitrogens is 4. The van der Waals surface area contributed by atoms with Crippen molar-refractivity contribution in [1.29, 1.82) is 0 Å². The van der Waals surface area contributed by atoms with Crippen LogP contribution >= 0.6 is 0 Å². The van der Waals surface area contributed by atoms with E-state index in [-0.39, 0.29) is 25.6 Å². The molecular formula is C36H42N4O8. The highest BCUT2D eigenvalue weighted by Gasteiger charge is 2.26. The Morgan fingerprint density at radius 3 is 1.69 bits per heavy atom. The molecule has 1 fully saturated rings. The van der Waals surface area contributed by atoms with Crippen LogP contribution in [0.1, 0.15) is 104 Å². The molecule has 2 aliphatic heterocycles. The molecule has 0 atom stereocenters. The molecular weight excluding hydrogens is 616 g/mol. The van der Waals surface area contributed by atoms with Gasteiger partial charge in [-0.05, 0) is 110 Å². The number of aromatic amines is 4. The quantitative estimate of drug-likeness (QED) is 0.0778.